The molecule has 0 saturated heterocycles. The predicted molar refractivity (Wildman–Crippen MR) is 64.9 cm³/mol. The molecule has 1 aromatic rings. The van der Waals surface area contributed by atoms with Crippen LogP contribution in [0.15, 0.2) is 36.1 Å². The normalized spacial score (nSPS) is 11.5. The Labute approximate surface area is 92.8 Å². The van der Waals surface area contributed by atoms with Crippen LogP contribution in [0.3, 0.4) is 0 Å². The third-order valence-electron chi connectivity index (χ3n) is 2.36. The lowest BCUT2D eigenvalue weighted by Crippen LogP contribution is -1.89. The van der Waals surface area contributed by atoms with Gasteiger partial charge in [-0.2, -0.15) is 0 Å². The monoisotopic (exact) mass is 204 g/mol. The molecular formula is C14H20O. The smallest absolute Gasteiger partial charge is 0.0817 e. The van der Waals surface area contributed by atoms with E-state index in [-0.39, 0.29) is 0 Å². The molecule has 1 aromatic carbocycles. The Morgan fingerprint density at radius 1 is 1.20 bits per heavy atom. The number of rotatable bonds is 5. The summed E-state index contributed by atoms with van der Waals surface area (Å²) in [6, 6.07) is 8.85. The number of allylic oxidation sites excluding steroid dienone is 1. The third-order valence-corrected chi connectivity index (χ3v) is 2.36. The highest BCUT2D eigenvalue weighted by Gasteiger charge is 1.96. The van der Waals surface area contributed by atoms with Crippen molar-refractivity contribution in [2.75, 3.05) is 7.11 Å². The van der Waals surface area contributed by atoms with Gasteiger partial charge in [-0.1, -0.05) is 37.6 Å². The van der Waals surface area contributed by atoms with Crippen LogP contribution in [0.4, 0.5) is 0 Å². The summed E-state index contributed by atoms with van der Waals surface area (Å²) in [7, 11) is 1.69. The molecular weight excluding hydrogens is 184 g/mol. The van der Waals surface area contributed by atoms with E-state index in [1.54, 1.807) is 13.4 Å². The molecule has 1 rings (SSSR count). The molecule has 0 atom stereocenters. The van der Waals surface area contributed by atoms with Crippen molar-refractivity contribution in [1.29, 1.82) is 0 Å². The minimum atomic E-state index is 0.972. The maximum Gasteiger partial charge on any atom is 0.0817 e. The van der Waals surface area contributed by atoms with Crippen molar-refractivity contribution in [1.82, 2.24) is 0 Å². The topological polar surface area (TPSA) is 9.23 Å². The second-order valence-corrected chi connectivity index (χ2v) is 3.94. The first kappa shape index (κ1) is 11.8. The number of aryl methyl sites for hydroxylation is 1. The van der Waals surface area contributed by atoms with E-state index in [2.05, 4.69) is 38.1 Å². The van der Waals surface area contributed by atoms with Crippen LogP contribution in [0.5, 0.6) is 0 Å². The Morgan fingerprint density at radius 3 is 2.33 bits per heavy atom. The standard InChI is InChI=1S/C14H20O/c1-4-5-13-6-8-14(9-7-13)10-12(2)11-15-3/h6-9,11H,4-5,10H2,1-3H3/b12-11+. The van der Waals surface area contributed by atoms with E-state index in [1.807, 2.05) is 0 Å². The van der Waals surface area contributed by atoms with Crippen LogP contribution in [0.2, 0.25) is 0 Å². The van der Waals surface area contributed by atoms with E-state index >= 15 is 0 Å². The molecule has 0 heterocycles. The fraction of sp³-hybridized carbons (Fsp3) is 0.429. The maximum absolute atomic E-state index is 4.98. The zero-order valence-corrected chi connectivity index (χ0v) is 9.92. The molecule has 0 aromatic heterocycles. The van der Waals surface area contributed by atoms with Crippen LogP contribution >= 0.6 is 0 Å². The molecule has 15 heavy (non-hydrogen) atoms. The van der Waals surface area contributed by atoms with E-state index in [9.17, 15) is 0 Å². The first-order valence-electron chi connectivity index (χ1n) is 5.52. The van der Waals surface area contributed by atoms with Crippen molar-refractivity contribution in [3.63, 3.8) is 0 Å². The van der Waals surface area contributed by atoms with Gasteiger partial charge in [0.1, 0.15) is 0 Å². The summed E-state index contributed by atoms with van der Waals surface area (Å²) in [4.78, 5) is 0. The predicted octanol–water partition coefficient (Wildman–Crippen LogP) is 3.73. The minimum absolute atomic E-state index is 0.972. The average molecular weight is 204 g/mol. The van der Waals surface area contributed by atoms with E-state index in [1.165, 1.54) is 29.5 Å². The first-order chi connectivity index (χ1) is 7.26. The Hall–Kier alpha value is -1.24. The van der Waals surface area contributed by atoms with Crippen LogP contribution in [-0.2, 0) is 17.6 Å². The van der Waals surface area contributed by atoms with E-state index in [0.29, 0.717) is 0 Å². The van der Waals surface area contributed by atoms with Crippen molar-refractivity contribution < 1.29 is 4.74 Å². The summed E-state index contributed by atoms with van der Waals surface area (Å²) in [6.07, 6.45) is 5.16. The molecule has 0 fully saturated rings. The second-order valence-electron chi connectivity index (χ2n) is 3.94. The van der Waals surface area contributed by atoms with Crippen molar-refractivity contribution in [3.05, 3.63) is 47.2 Å². The van der Waals surface area contributed by atoms with E-state index < -0.39 is 0 Å². The van der Waals surface area contributed by atoms with Gasteiger partial charge < -0.3 is 4.74 Å². The number of hydrogen-bond donors (Lipinski definition) is 0. The van der Waals surface area contributed by atoms with Crippen molar-refractivity contribution in [2.24, 2.45) is 0 Å². The number of methoxy groups -OCH3 is 1. The van der Waals surface area contributed by atoms with Gasteiger partial charge in [0.15, 0.2) is 0 Å². The quantitative estimate of drug-likeness (QED) is 0.664. The molecule has 1 heteroatoms. The molecule has 0 radical (unpaired) electrons. The average Bonchev–Trinajstić information content (AvgIpc) is 2.22. The lowest BCUT2D eigenvalue weighted by Gasteiger charge is -2.03. The number of hydrogen-bond acceptors (Lipinski definition) is 1. The van der Waals surface area contributed by atoms with Crippen LogP contribution in [0.1, 0.15) is 31.4 Å². The molecule has 0 bridgehead atoms. The van der Waals surface area contributed by atoms with E-state index in [4.69, 9.17) is 4.74 Å². The van der Waals surface area contributed by atoms with Gasteiger partial charge in [0.05, 0.1) is 13.4 Å². The summed E-state index contributed by atoms with van der Waals surface area (Å²) in [5.74, 6) is 0. The summed E-state index contributed by atoms with van der Waals surface area (Å²) in [5, 5.41) is 0. The minimum Gasteiger partial charge on any atom is -0.504 e. The Balaban J connectivity index is 2.60. The van der Waals surface area contributed by atoms with Crippen molar-refractivity contribution in [2.45, 2.75) is 33.1 Å². The lowest BCUT2D eigenvalue weighted by molar-refractivity contribution is 0.333. The first-order valence-corrected chi connectivity index (χ1v) is 5.52. The Morgan fingerprint density at radius 2 is 1.80 bits per heavy atom. The fourth-order valence-electron chi connectivity index (χ4n) is 1.68. The molecule has 0 N–H and O–H groups in total. The summed E-state index contributed by atoms with van der Waals surface area (Å²) in [6.45, 7) is 4.29. The summed E-state index contributed by atoms with van der Waals surface area (Å²) in [5.41, 5.74) is 4.02. The lowest BCUT2D eigenvalue weighted by atomic mass is 10.0. The molecule has 0 saturated carbocycles. The van der Waals surface area contributed by atoms with Crippen LogP contribution in [-0.4, -0.2) is 7.11 Å². The summed E-state index contributed by atoms with van der Waals surface area (Å²) >= 11 is 0. The van der Waals surface area contributed by atoms with Gasteiger partial charge in [-0.3, -0.25) is 0 Å². The molecule has 82 valence electrons. The highest BCUT2D eigenvalue weighted by atomic mass is 16.5. The molecule has 0 aliphatic rings. The van der Waals surface area contributed by atoms with Gasteiger partial charge in [0, 0.05) is 0 Å². The van der Waals surface area contributed by atoms with Crippen molar-refractivity contribution in [3.8, 4) is 0 Å². The van der Waals surface area contributed by atoms with E-state index in [0.717, 1.165) is 6.42 Å². The van der Waals surface area contributed by atoms with Crippen LogP contribution in [0, 0.1) is 0 Å². The number of ether oxygens (including phenoxy) is 1. The number of benzene rings is 1. The van der Waals surface area contributed by atoms with Crippen LogP contribution in [0.25, 0.3) is 0 Å². The van der Waals surface area contributed by atoms with Crippen LogP contribution < -0.4 is 0 Å². The largest absolute Gasteiger partial charge is 0.504 e. The summed E-state index contributed by atoms with van der Waals surface area (Å²) < 4.78 is 4.98. The maximum atomic E-state index is 4.98. The molecule has 0 aliphatic heterocycles. The SMILES string of the molecule is CCCc1ccc(C/C(C)=C/OC)cc1. The molecule has 1 nitrogen and oxygen atoms in total. The zero-order chi connectivity index (χ0) is 11.1. The third kappa shape index (κ3) is 4.20. The highest BCUT2D eigenvalue weighted by molar-refractivity contribution is 5.25. The molecule has 0 aliphatic carbocycles. The van der Waals surface area contributed by atoms with Gasteiger partial charge in [0.2, 0.25) is 0 Å². The Bertz CT molecular complexity index is 309. The van der Waals surface area contributed by atoms with Gasteiger partial charge in [-0.25, -0.2) is 0 Å². The van der Waals surface area contributed by atoms with Crippen molar-refractivity contribution >= 4 is 0 Å². The zero-order valence-electron chi connectivity index (χ0n) is 9.92. The van der Waals surface area contributed by atoms with Gasteiger partial charge >= 0.3 is 0 Å². The van der Waals surface area contributed by atoms with Gasteiger partial charge in [-0.05, 0) is 36.5 Å². The van der Waals surface area contributed by atoms with Gasteiger partial charge in [-0.15, -0.1) is 0 Å². The Kier molecular flexibility index (Phi) is 4.96. The highest BCUT2D eigenvalue weighted by Crippen LogP contribution is 2.10. The molecule has 0 spiro atoms. The fourth-order valence-corrected chi connectivity index (χ4v) is 1.68. The van der Waals surface area contributed by atoms with Gasteiger partial charge in [0.25, 0.3) is 0 Å². The molecule has 0 unspecified atom stereocenters. The molecule has 0 amide bonds. The second kappa shape index (κ2) is 6.28.